The van der Waals surface area contributed by atoms with E-state index in [0.29, 0.717) is 12.2 Å². The van der Waals surface area contributed by atoms with Crippen molar-refractivity contribution in [2.75, 3.05) is 24.2 Å². The highest BCUT2D eigenvalue weighted by Crippen LogP contribution is 2.17. The Kier molecular flexibility index (Phi) is 9.25. The van der Waals surface area contributed by atoms with Gasteiger partial charge in [0.25, 0.3) is 5.91 Å². The molecular weight excluding hydrogens is 390 g/mol. The van der Waals surface area contributed by atoms with Crippen molar-refractivity contribution in [2.45, 2.75) is 17.7 Å². The van der Waals surface area contributed by atoms with Crippen LogP contribution >= 0.6 is 11.8 Å². The largest absolute Gasteiger partial charge is 0.452 e. The van der Waals surface area contributed by atoms with Crippen LogP contribution in [0.5, 0.6) is 0 Å². The van der Waals surface area contributed by atoms with Crippen LogP contribution in [0.3, 0.4) is 0 Å². The highest BCUT2D eigenvalue weighted by atomic mass is 32.2. The number of hydrogen-bond acceptors (Lipinski definition) is 6. The summed E-state index contributed by atoms with van der Waals surface area (Å²) in [4.78, 5) is 36.3. The topological polar surface area (TPSA) is 108 Å². The van der Waals surface area contributed by atoms with Crippen LogP contribution < -0.4 is 10.6 Å². The van der Waals surface area contributed by atoms with Crippen molar-refractivity contribution < 1.29 is 19.1 Å². The number of carbonyl (C=O) groups excluding carboxylic acids is 3. The molecule has 0 fully saturated rings. The van der Waals surface area contributed by atoms with E-state index >= 15 is 0 Å². The van der Waals surface area contributed by atoms with E-state index in [-0.39, 0.29) is 24.5 Å². The number of nitriles is 1. The van der Waals surface area contributed by atoms with Crippen LogP contribution in [0, 0.1) is 11.3 Å². The number of ether oxygens (including phenoxy) is 1. The van der Waals surface area contributed by atoms with Crippen molar-refractivity contribution in [3.8, 4) is 6.07 Å². The Morgan fingerprint density at radius 3 is 2.41 bits per heavy atom. The monoisotopic (exact) mass is 411 g/mol. The molecule has 0 atom stereocenters. The average Bonchev–Trinajstić information content (AvgIpc) is 2.73. The number of nitrogens with one attached hydrogen (secondary N) is 2. The summed E-state index contributed by atoms with van der Waals surface area (Å²) < 4.78 is 4.99. The third-order valence-electron chi connectivity index (χ3n) is 3.63. The second-order valence-corrected chi connectivity index (χ2v) is 7.07. The fourth-order valence-electron chi connectivity index (χ4n) is 2.24. The Labute approximate surface area is 173 Å². The van der Waals surface area contributed by atoms with Gasteiger partial charge in [0.1, 0.15) is 6.42 Å². The van der Waals surface area contributed by atoms with Gasteiger partial charge in [-0.3, -0.25) is 9.59 Å². The molecule has 150 valence electrons. The molecule has 0 bridgehead atoms. The second-order valence-electron chi connectivity index (χ2n) is 5.90. The van der Waals surface area contributed by atoms with Gasteiger partial charge in [-0.05, 0) is 48.6 Å². The molecule has 0 aliphatic rings. The number of carbonyl (C=O) groups is 3. The van der Waals surface area contributed by atoms with Gasteiger partial charge in [-0.1, -0.05) is 18.2 Å². The molecule has 8 heteroatoms. The molecule has 2 aromatic carbocycles. The van der Waals surface area contributed by atoms with Gasteiger partial charge < -0.3 is 15.4 Å². The molecule has 0 heterocycles. The third kappa shape index (κ3) is 8.49. The lowest BCUT2D eigenvalue weighted by molar-refractivity contribution is -0.124. The van der Waals surface area contributed by atoms with Gasteiger partial charge in [0.05, 0.1) is 11.6 Å². The molecule has 0 saturated carbocycles. The van der Waals surface area contributed by atoms with Crippen LogP contribution in [-0.4, -0.2) is 36.7 Å². The minimum absolute atomic E-state index is 0.246. The molecule has 0 spiro atoms. The Hall–Kier alpha value is -3.31. The SMILES string of the molecule is N#CCC(=O)Nc1ccc(C(=O)OCC(=O)NCCCSc2ccccc2)cc1. The second kappa shape index (κ2) is 12.2. The number of rotatable bonds is 10. The normalized spacial score (nSPS) is 9.90. The third-order valence-corrected chi connectivity index (χ3v) is 4.73. The maximum absolute atomic E-state index is 12.0. The molecule has 0 aromatic heterocycles. The van der Waals surface area contributed by atoms with Gasteiger partial charge in [-0.2, -0.15) is 5.26 Å². The average molecular weight is 411 g/mol. The molecule has 0 aliphatic carbocycles. The summed E-state index contributed by atoms with van der Waals surface area (Å²) in [6.45, 7) is 0.151. The Balaban J connectivity index is 1.63. The minimum Gasteiger partial charge on any atom is -0.452 e. The first kappa shape index (κ1) is 22.0. The van der Waals surface area contributed by atoms with Crippen molar-refractivity contribution >= 4 is 35.2 Å². The van der Waals surface area contributed by atoms with Crippen molar-refractivity contribution in [1.82, 2.24) is 5.32 Å². The summed E-state index contributed by atoms with van der Waals surface area (Å²) >= 11 is 1.72. The molecule has 2 rings (SSSR count). The van der Waals surface area contributed by atoms with Gasteiger partial charge in [0, 0.05) is 17.1 Å². The maximum atomic E-state index is 12.0. The molecule has 2 amide bonds. The van der Waals surface area contributed by atoms with E-state index in [0.717, 1.165) is 12.2 Å². The number of benzene rings is 2. The highest BCUT2D eigenvalue weighted by Gasteiger charge is 2.10. The van der Waals surface area contributed by atoms with Crippen LogP contribution in [-0.2, 0) is 14.3 Å². The molecule has 0 saturated heterocycles. The van der Waals surface area contributed by atoms with Crippen LogP contribution in [0.25, 0.3) is 0 Å². The highest BCUT2D eigenvalue weighted by molar-refractivity contribution is 7.99. The summed E-state index contributed by atoms with van der Waals surface area (Å²) in [6.07, 6.45) is 0.558. The number of anilines is 1. The smallest absolute Gasteiger partial charge is 0.338 e. The Morgan fingerprint density at radius 2 is 1.72 bits per heavy atom. The van der Waals surface area contributed by atoms with Crippen molar-refractivity contribution in [1.29, 1.82) is 5.26 Å². The van der Waals surface area contributed by atoms with Gasteiger partial charge in [0.2, 0.25) is 5.91 Å². The molecule has 2 N–H and O–H groups in total. The summed E-state index contributed by atoms with van der Waals surface area (Å²) in [7, 11) is 0. The number of nitrogens with zero attached hydrogens (tertiary/aromatic N) is 1. The zero-order chi connectivity index (χ0) is 20.9. The van der Waals surface area contributed by atoms with Crippen LogP contribution in [0.15, 0.2) is 59.5 Å². The van der Waals surface area contributed by atoms with Crippen LogP contribution in [0.1, 0.15) is 23.2 Å². The first-order valence-electron chi connectivity index (χ1n) is 8.97. The van der Waals surface area contributed by atoms with Gasteiger partial charge in [-0.25, -0.2) is 4.79 Å². The fourth-order valence-corrected chi connectivity index (χ4v) is 3.11. The fraction of sp³-hybridized carbons (Fsp3) is 0.238. The van der Waals surface area contributed by atoms with Crippen LogP contribution in [0.4, 0.5) is 5.69 Å². The molecule has 2 aromatic rings. The first-order valence-corrected chi connectivity index (χ1v) is 9.95. The molecular formula is C21H21N3O4S. The van der Waals surface area contributed by atoms with Crippen molar-refractivity contribution in [2.24, 2.45) is 0 Å². The zero-order valence-corrected chi connectivity index (χ0v) is 16.5. The van der Waals surface area contributed by atoms with Gasteiger partial charge in [-0.15, -0.1) is 11.8 Å². The summed E-state index contributed by atoms with van der Waals surface area (Å²) in [5, 5.41) is 13.7. The van der Waals surface area contributed by atoms with E-state index in [1.807, 2.05) is 30.3 Å². The van der Waals surface area contributed by atoms with Gasteiger partial charge >= 0.3 is 5.97 Å². The number of amides is 2. The van der Waals surface area contributed by atoms with Crippen molar-refractivity contribution in [3.05, 3.63) is 60.2 Å². The van der Waals surface area contributed by atoms with Gasteiger partial charge in [0.15, 0.2) is 6.61 Å². The standard InChI is InChI=1S/C21H21N3O4S/c22-12-11-19(25)24-17-9-7-16(8-10-17)21(27)28-15-20(26)23-13-4-14-29-18-5-2-1-3-6-18/h1-3,5-10H,4,11,13-15H2,(H,23,26)(H,24,25). The number of thioether (sulfide) groups is 1. The summed E-state index contributed by atoms with van der Waals surface area (Å²) in [5.74, 6) is -0.541. The summed E-state index contributed by atoms with van der Waals surface area (Å²) in [5.41, 5.74) is 0.725. The molecule has 7 nitrogen and oxygen atoms in total. The Bertz CT molecular complexity index is 864. The van der Waals surface area contributed by atoms with Crippen molar-refractivity contribution in [3.63, 3.8) is 0 Å². The lowest BCUT2D eigenvalue weighted by Gasteiger charge is -2.07. The molecule has 0 aliphatic heterocycles. The molecule has 0 radical (unpaired) electrons. The van der Waals surface area contributed by atoms with Crippen LogP contribution in [0.2, 0.25) is 0 Å². The predicted octanol–water partition coefficient (Wildman–Crippen LogP) is 2.99. The summed E-state index contributed by atoms with van der Waals surface area (Å²) in [6, 6.07) is 17.8. The molecule has 0 unspecified atom stereocenters. The maximum Gasteiger partial charge on any atom is 0.338 e. The van der Waals surface area contributed by atoms with E-state index in [2.05, 4.69) is 10.6 Å². The lowest BCUT2D eigenvalue weighted by Crippen LogP contribution is -2.29. The number of esters is 1. The van der Waals surface area contributed by atoms with E-state index in [9.17, 15) is 14.4 Å². The molecule has 29 heavy (non-hydrogen) atoms. The lowest BCUT2D eigenvalue weighted by atomic mass is 10.2. The quantitative estimate of drug-likeness (QED) is 0.353. The van der Waals surface area contributed by atoms with E-state index in [1.165, 1.54) is 29.2 Å². The first-order chi connectivity index (χ1) is 14.1. The zero-order valence-electron chi connectivity index (χ0n) is 15.7. The minimum atomic E-state index is -0.630. The Morgan fingerprint density at radius 1 is 1.00 bits per heavy atom. The predicted molar refractivity (Wildman–Crippen MR) is 110 cm³/mol. The van der Waals surface area contributed by atoms with E-state index in [1.54, 1.807) is 17.8 Å². The van der Waals surface area contributed by atoms with E-state index < -0.39 is 11.9 Å². The van der Waals surface area contributed by atoms with E-state index in [4.69, 9.17) is 10.00 Å². The number of hydrogen-bond donors (Lipinski definition) is 2.